The average Bonchev–Trinajstić information content (AvgIpc) is 2.78. The van der Waals surface area contributed by atoms with E-state index in [0.717, 1.165) is 19.4 Å². The molecule has 1 aromatic rings. The topological polar surface area (TPSA) is 68.2 Å². The number of amides is 1. The van der Waals surface area contributed by atoms with Crippen molar-refractivity contribution in [1.29, 1.82) is 0 Å². The fraction of sp³-hybridized carbons (Fsp3) is 0.750. The number of carbonyl (C=O) groups excluding carboxylic acids is 1. The minimum Gasteiger partial charge on any atom is -0.444 e. The third-order valence-electron chi connectivity index (χ3n) is 3.64. The molecule has 2 N–H and O–H groups in total. The van der Waals surface area contributed by atoms with Gasteiger partial charge in [-0.05, 0) is 47.5 Å². The zero-order chi connectivity index (χ0) is 16.3. The molecule has 0 bridgehead atoms. The van der Waals surface area contributed by atoms with Crippen LogP contribution in [0, 0.1) is 0 Å². The van der Waals surface area contributed by atoms with E-state index in [4.69, 9.17) is 4.74 Å². The second kappa shape index (κ2) is 6.69. The van der Waals surface area contributed by atoms with Crippen molar-refractivity contribution in [2.45, 2.75) is 77.7 Å². The van der Waals surface area contributed by atoms with E-state index in [1.807, 2.05) is 31.6 Å². The van der Waals surface area contributed by atoms with Gasteiger partial charge in [-0.3, -0.25) is 4.68 Å². The van der Waals surface area contributed by atoms with E-state index in [0.29, 0.717) is 12.1 Å². The summed E-state index contributed by atoms with van der Waals surface area (Å²) in [6, 6.07) is 1.05. The van der Waals surface area contributed by atoms with E-state index in [2.05, 4.69) is 35.8 Å². The Kier molecular flexibility index (Phi) is 5.11. The number of nitrogens with one attached hydrogen (secondary N) is 2. The lowest BCUT2D eigenvalue weighted by Crippen LogP contribution is -2.52. The van der Waals surface area contributed by atoms with Crippen LogP contribution >= 0.6 is 0 Å². The fourth-order valence-electron chi connectivity index (χ4n) is 2.39. The van der Waals surface area contributed by atoms with E-state index < -0.39 is 5.60 Å². The second-order valence-electron chi connectivity index (χ2n) is 7.31. The van der Waals surface area contributed by atoms with Crippen LogP contribution in [-0.4, -0.2) is 33.6 Å². The first-order chi connectivity index (χ1) is 10.2. The van der Waals surface area contributed by atoms with Gasteiger partial charge in [-0.2, -0.15) is 5.10 Å². The van der Waals surface area contributed by atoms with Crippen molar-refractivity contribution in [2.75, 3.05) is 0 Å². The molecule has 6 nitrogen and oxygen atoms in total. The maximum atomic E-state index is 11.6. The van der Waals surface area contributed by atoms with E-state index in [1.54, 1.807) is 0 Å². The molecule has 2 rings (SSSR count). The van der Waals surface area contributed by atoms with Crippen LogP contribution in [0.4, 0.5) is 4.79 Å². The van der Waals surface area contributed by atoms with E-state index in [1.165, 1.54) is 5.56 Å². The summed E-state index contributed by atoms with van der Waals surface area (Å²) in [6.07, 6.45) is 5.54. The molecular weight excluding hydrogens is 280 g/mol. The largest absolute Gasteiger partial charge is 0.444 e. The summed E-state index contributed by atoms with van der Waals surface area (Å²) >= 11 is 0. The maximum Gasteiger partial charge on any atom is 0.407 e. The van der Waals surface area contributed by atoms with Gasteiger partial charge in [0.1, 0.15) is 5.60 Å². The minimum atomic E-state index is -0.442. The van der Waals surface area contributed by atoms with Gasteiger partial charge >= 0.3 is 6.09 Å². The van der Waals surface area contributed by atoms with Crippen LogP contribution in [0.25, 0.3) is 0 Å². The lowest BCUT2D eigenvalue weighted by Gasteiger charge is -2.36. The Morgan fingerprint density at radius 2 is 2.09 bits per heavy atom. The van der Waals surface area contributed by atoms with Crippen LogP contribution in [-0.2, 0) is 11.3 Å². The van der Waals surface area contributed by atoms with Crippen LogP contribution in [0.5, 0.6) is 0 Å². The molecule has 0 aliphatic heterocycles. The highest BCUT2D eigenvalue weighted by Crippen LogP contribution is 2.21. The number of aromatic nitrogens is 2. The summed E-state index contributed by atoms with van der Waals surface area (Å²) in [7, 11) is 0. The number of alkyl carbamates (subject to hydrolysis) is 1. The Morgan fingerprint density at radius 1 is 1.41 bits per heavy atom. The van der Waals surface area contributed by atoms with Crippen LogP contribution < -0.4 is 10.6 Å². The molecule has 1 aliphatic carbocycles. The number of carbonyl (C=O) groups is 1. The summed E-state index contributed by atoms with van der Waals surface area (Å²) in [6.45, 7) is 10.7. The summed E-state index contributed by atoms with van der Waals surface area (Å²) in [5, 5.41) is 10.7. The third-order valence-corrected chi connectivity index (χ3v) is 3.64. The predicted molar refractivity (Wildman–Crippen MR) is 85.6 cm³/mol. The molecule has 1 fully saturated rings. The molecular formula is C16H28N4O2. The van der Waals surface area contributed by atoms with E-state index in [-0.39, 0.29) is 12.1 Å². The molecule has 0 aromatic carbocycles. The van der Waals surface area contributed by atoms with Gasteiger partial charge in [-0.15, -0.1) is 0 Å². The SMILES string of the molecule is CC(C)n1cc(CNC2CC(NC(=O)OC(C)(C)C)C2)cn1. The average molecular weight is 308 g/mol. The van der Waals surface area contributed by atoms with Gasteiger partial charge in [0.25, 0.3) is 0 Å². The Balaban J connectivity index is 1.64. The molecule has 0 atom stereocenters. The summed E-state index contributed by atoms with van der Waals surface area (Å²) < 4.78 is 7.22. The molecule has 124 valence electrons. The molecule has 0 radical (unpaired) electrons. The van der Waals surface area contributed by atoms with Gasteiger partial charge in [-0.25, -0.2) is 4.79 Å². The molecule has 1 amide bonds. The monoisotopic (exact) mass is 308 g/mol. The summed E-state index contributed by atoms with van der Waals surface area (Å²) in [5.41, 5.74) is 0.749. The quantitative estimate of drug-likeness (QED) is 0.877. The van der Waals surface area contributed by atoms with Gasteiger partial charge in [0, 0.05) is 36.4 Å². The highest BCUT2D eigenvalue weighted by Gasteiger charge is 2.31. The van der Waals surface area contributed by atoms with Crippen LogP contribution in [0.2, 0.25) is 0 Å². The lowest BCUT2D eigenvalue weighted by molar-refractivity contribution is 0.0465. The third kappa shape index (κ3) is 5.02. The highest BCUT2D eigenvalue weighted by atomic mass is 16.6. The van der Waals surface area contributed by atoms with Crippen molar-refractivity contribution < 1.29 is 9.53 Å². The second-order valence-corrected chi connectivity index (χ2v) is 7.31. The van der Waals surface area contributed by atoms with Crippen molar-refractivity contribution in [3.8, 4) is 0 Å². The molecule has 0 unspecified atom stereocenters. The first-order valence-electron chi connectivity index (χ1n) is 7.99. The molecule has 1 heterocycles. The van der Waals surface area contributed by atoms with Crippen LogP contribution in [0.3, 0.4) is 0 Å². The zero-order valence-electron chi connectivity index (χ0n) is 14.2. The number of nitrogens with zero attached hydrogens (tertiary/aromatic N) is 2. The molecule has 6 heteroatoms. The predicted octanol–water partition coefficient (Wildman–Crippen LogP) is 2.61. The minimum absolute atomic E-state index is 0.214. The molecule has 0 saturated heterocycles. The van der Waals surface area contributed by atoms with Gasteiger partial charge in [-0.1, -0.05) is 0 Å². The molecule has 1 aromatic heterocycles. The van der Waals surface area contributed by atoms with Crippen molar-refractivity contribution >= 4 is 6.09 Å². The van der Waals surface area contributed by atoms with Gasteiger partial charge in [0.15, 0.2) is 0 Å². The van der Waals surface area contributed by atoms with E-state index >= 15 is 0 Å². The first-order valence-corrected chi connectivity index (χ1v) is 7.99. The number of ether oxygens (including phenoxy) is 1. The highest BCUT2D eigenvalue weighted by molar-refractivity contribution is 5.68. The van der Waals surface area contributed by atoms with Crippen LogP contribution in [0.15, 0.2) is 12.4 Å². The Hall–Kier alpha value is -1.56. The fourth-order valence-corrected chi connectivity index (χ4v) is 2.39. The number of rotatable bonds is 5. The van der Waals surface area contributed by atoms with Gasteiger partial charge in [0.05, 0.1) is 6.20 Å². The van der Waals surface area contributed by atoms with Crippen molar-refractivity contribution in [2.24, 2.45) is 0 Å². The number of hydrogen-bond donors (Lipinski definition) is 2. The van der Waals surface area contributed by atoms with Crippen molar-refractivity contribution in [3.05, 3.63) is 18.0 Å². The van der Waals surface area contributed by atoms with Crippen molar-refractivity contribution in [3.63, 3.8) is 0 Å². The smallest absolute Gasteiger partial charge is 0.407 e. The van der Waals surface area contributed by atoms with Crippen LogP contribution in [0.1, 0.15) is 59.1 Å². The Morgan fingerprint density at radius 3 is 2.64 bits per heavy atom. The Bertz CT molecular complexity index is 498. The van der Waals surface area contributed by atoms with E-state index in [9.17, 15) is 4.79 Å². The first kappa shape index (κ1) is 16.8. The number of hydrogen-bond acceptors (Lipinski definition) is 4. The summed E-state index contributed by atoms with van der Waals surface area (Å²) in [4.78, 5) is 11.6. The summed E-state index contributed by atoms with van der Waals surface area (Å²) in [5.74, 6) is 0. The normalized spacial score (nSPS) is 21.5. The molecule has 0 spiro atoms. The van der Waals surface area contributed by atoms with Crippen molar-refractivity contribution in [1.82, 2.24) is 20.4 Å². The van der Waals surface area contributed by atoms with Gasteiger partial charge < -0.3 is 15.4 Å². The molecule has 1 saturated carbocycles. The standard InChI is InChI=1S/C16H28N4O2/c1-11(2)20-10-12(9-18-20)8-17-13-6-14(7-13)19-15(21)22-16(3,4)5/h9-11,13-14,17H,6-8H2,1-5H3,(H,19,21). The maximum absolute atomic E-state index is 11.6. The lowest BCUT2D eigenvalue weighted by atomic mass is 9.87. The molecule has 1 aliphatic rings. The Labute approximate surface area is 132 Å². The zero-order valence-corrected chi connectivity index (χ0v) is 14.2. The van der Waals surface area contributed by atoms with Gasteiger partial charge in [0.2, 0.25) is 0 Å². The molecule has 22 heavy (non-hydrogen) atoms.